The molecule has 6 nitrogen and oxygen atoms in total. The number of hydrogen-bond donors (Lipinski definition) is 3. The van der Waals surface area contributed by atoms with Gasteiger partial charge in [-0.2, -0.15) is 8.42 Å². The van der Waals surface area contributed by atoms with Crippen LogP contribution in [0.1, 0.15) is 83.6 Å². The van der Waals surface area contributed by atoms with Crippen molar-refractivity contribution in [2.24, 2.45) is 5.73 Å². The molecule has 162 valence electrons. The third-order valence-corrected chi connectivity index (χ3v) is 5.39. The molecule has 1 aromatic rings. The fraction of sp³-hybridized carbons (Fsp3) is 0.667. The number of carbonyl (C=O) groups is 1. The summed E-state index contributed by atoms with van der Waals surface area (Å²) in [5, 5.41) is 7.87. The van der Waals surface area contributed by atoms with Gasteiger partial charge in [-0.05, 0) is 31.4 Å². The fourth-order valence-corrected chi connectivity index (χ4v) is 3.52. The van der Waals surface area contributed by atoms with E-state index in [0.717, 1.165) is 18.4 Å². The highest BCUT2D eigenvalue weighted by molar-refractivity contribution is 7.85. The molecule has 28 heavy (non-hydrogen) atoms. The molecular formula is C21H37NO5S. The van der Waals surface area contributed by atoms with Gasteiger partial charge >= 0.3 is 5.97 Å². The molecule has 0 bridgehead atoms. The number of hydrogen-bond acceptors (Lipinski definition) is 4. The standard InChI is InChI=1S/C18H30O3S.C3H7NO2/c1-2-3-4-5-6-7-8-9-10-11-14-17-15-12-13-16-18(17)22(19,20)21;1-2(4)3(5)6/h12-13,15-16H,2-11,14H2,1H3,(H,19,20,21);2H,4H2,1H3,(H,5,6)/t;2-/m.0/s1. The van der Waals surface area contributed by atoms with Crippen LogP contribution in [0, 0.1) is 0 Å². The maximum atomic E-state index is 11.3. The van der Waals surface area contributed by atoms with Gasteiger partial charge in [0.2, 0.25) is 0 Å². The van der Waals surface area contributed by atoms with E-state index in [0.29, 0.717) is 6.42 Å². The Labute approximate surface area is 170 Å². The van der Waals surface area contributed by atoms with Gasteiger partial charge in [0.25, 0.3) is 10.1 Å². The first-order valence-corrected chi connectivity index (χ1v) is 11.7. The minimum atomic E-state index is -4.10. The summed E-state index contributed by atoms with van der Waals surface area (Å²) in [6.07, 6.45) is 13.3. The Hall–Kier alpha value is -1.44. The lowest BCUT2D eigenvalue weighted by Gasteiger charge is -2.07. The van der Waals surface area contributed by atoms with Crippen molar-refractivity contribution in [2.45, 2.75) is 95.4 Å². The number of aliphatic carboxylic acids is 1. The molecule has 1 atom stereocenters. The lowest BCUT2D eigenvalue weighted by atomic mass is 10.0. The summed E-state index contributed by atoms with van der Waals surface area (Å²) < 4.78 is 31.8. The first-order chi connectivity index (χ1) is 13.2. The molecule has 0 amide bonds. The van der Waals surface area contributed by atoms with Crippen LogP contribution >= 0.6 is 0 Å². The minimum Gasteiger partial charge on any atom is -0.480 e. The van der Waals surface area contributed by atoms with E-state index in [1.54, 1.807) is 12.1 Å². The van der Waals surface area contributed by atoms with Gasteiger partial charge in [0.15, 0.2) is 0 Å². The number of aryl methyl sites for hydroxylation is 1. The van der Waals surface area contributed by atoms with Crippen molar-refractivity contribution in [3.8, 4) is 0 Å². The Morgan fingerprint density at radius 2 is 1.39 bits per heavy atom. The maximum absolute atomic E-state index is 11.3. The van der Waals surface area contributed by atoms with Gasteiger partial charge in [-0.15, -0.1) is 0 Å². The predicted molar refractivity (Wildman–Crippen MR) is 113 cm³/mol. The Morgan fingerprint density at radius 1 is 0.964 bits per heavy atom. The topological polar surface area (TPSA) is 118 Å². The Balaban J connectivity index is 0.00000105. The molecule has 0 saturated heterocycles. The first-order valence-electron chi connectivity index (χ1n) is 10.2. The first kappa shape index (κ1) is 26.6. The van der Waals surface area contributed by atoms with E-state index in [4.69, 9.17) is 10.8 Å². The molecule has 0 radical (unpaired) electrons. The number of rotatable bonds is 13. The molecular weight excluding hydrogens is 378 g/mol. The molecule has 1 aromatic carbocycles. The van der Waals surface area contributed by atoms with Gasteiger partial charge in [-0.3, -0.25) is 9.35 Å². The van der Waals surface area contributed by atoms with Crippen LogP contribution in [0.4, 0.5) is 0 Å². The number of benzene rings is 1. The van der Waals surface area contributed by atoms with Gasteiger partial charge < -0.3 is 10.8 Å². The Bertz CT molecular complexity index is 644. The highest BCUT2D eigenvalue weighted by atomic mass is 32.2. The van der Waals surface area contributed by atoms with Crippen LogP contribution in [0.3, 0.4) is 0 Å². The third-order valence-electron chi connectivity index (χ3n) is 4.44. The lowest BCUT2D eigenvalue weighted by molar-refractivity contribution is -0.138. The molecule has 1 rings (SSSR count). The average molecular weight is 416 g/mol. The Morgan fingerprint density at radius 3 is 1.82 bits per heavy atom. The van der Waals surface area contributed by atoms with Crippen molar-refractivity contribution in [3.05, 3.63) is 29.8 Å². The van der Waals surface area contributed by atoms with E-state index in [1.807, 2.05) is 6.07 Å². The molecule has 0 saturated carbocycles. The second kappa shape index (κ2) is 15.5. The van der Waals surface area contributed by atoms with Crippen molar-refractivity contribution in [1.29, 1.82) is 0 Å². The van der Waals surface area contributed by atoms with Gasteiger partial charge in [-0.25, -0.2) is 0 Å². The van der Waals surface area contributed by atoms with Crippen LogP contribution in [0.5, 0.6) is 0 Å². The van der Waals surface area contributed by atoms with Crippen LogP contribution in [0.2, 0.25) is 0 Å². The van der Waals surface area contributed by atoms with Gasteiger partial charge in [0, 0.05) is 0 Å². The summed E-state index contributed by atoms with van der Waals surface area (Å²) in [6, 6.07) is 5.99. The van der Waals surface area contributed by atoms with E-state index >= 15 is 0 Å². The fourth-order valence-electron chi connectivity index (χ4n) is 2.76. The second-order valence-electron chi connectivity index (χ2n) is 7.14. The largest absolute Gasteiger partial charge is 0.480 e. The van der Waals surface area contributed by atoms with Gasteiger partial charge in [0.1, 0.15) is 6.04 Å². The summed E-state index contributed by atoms with van der Waals surface area (Å²) in [4.78, 5) is 9.64. The maximum Gasteiger partial charge on any atom is 0.320 e. The highest BCUT2D eigenvalue weighted by Crippen LogP contribution is 2.18. The van der Waals surface area contributed by atoms with Crippen molar-refractivity contribution >= 4 is 16.1 Å². The summed E-state index contributed by atoms with van der Waals surface area (Å²) in [6.45, 7) is 3.66. The zero-order chi connectivity index (χ0) is 21.4. The summed E-state index contributed by atoms with van der Waals surface area (Å²) in [5.41, 5.74) is 5.56. The van der Waals surface area contributed by atoms with Crippen LogP contribution in [-0.2, 0) is 21.3 Å². The number of carboxylic acid groups (broad SMARTS) is 1. The molecule has 0 heterocycles. The Kier molecular flexibility index (Phi) is 14.7. The molecule has 0 aliphatic rings. The molecule has 0 fully saturated rings. The highest BCUT2D eigenvalue weighted by Gasteiger charge is 2.13. The van der Waals surface area contributed by atoms with E-state index < -0.39 is 22.1 Å². The van der Waals surface area contributed by atoms with Crippen LogP contribution in [0.15, 0.2) is 29.2 Å². The molecule has 0 aliphatic heterocycles. The quantitative estimate of drug-likeness (QED) is 0.314. The van der Waals surface area contributed by atoms with E-state index in [9.17, 15) is 17.8 Å². The predicted octanol–water partition coefficient (Wildman–Crippen LogP) is 4.81. The zero-order valence-corrected chi connectivity index (χ0v) is 18.1. The molecule has 0 aromatic heterocycles. The van der Waals surface area contributed by atoms with Crippen LogP contribution in [0.25, 0.3) is 0 Å². The van der Waals surface area contributed by atoms with Crippen LogP contribution in [-0.4, -0.2) is 30.1 Å². The smallest absolute Gasteiger partial charge is 0.320 e. The van der Waals surface area contributed by atoms with Crippen LogP contribution < -0.4 is 5.73 Å². The normalized spacial score (nSPS) is 12.1. The van der Waals surface area contributed by atoms with Crippen molar-refractivity contribution in [1.82, 2.24) is 0 Å². The third kappa shape index (κ3) is 13.7. The minimum absolute atomic E-state index is 0.0610. The average Bonchev–Trinajstić information content (AvgIpc) is 2.63. The van der Waals surface area contributed by atoms with Crippen molar-refractivity contribution < 1.29 is 22.9 Å². The number of unbranched alkanes of at least 4 members (excludes halogenated alkanes) is 9. The summed E-state index contributed by atoms with van der Waals surface area (Å²) in [5.74, 6) is -0.963. The number of nitrogens with two attached hydrogens (primary N) is 1. The summed E-state index contributed by atoms with van der Waals surface area (Å²) in [7, 11) is -4.10. The molecule has 0 spiro atoms. The van der Waals surface area contributed by atoms with Gasteiger partial charge in [0.05, 0.1) is 4.90 Å². The van der Waals surface area contributed by atoms with Crippen molar-refractivity contribution in [2.75, 3.05) is 0 Å². The molecule has 0 aliphatic carbocycles. The van der Waals surface area contributed by atoms with E-state index in [1.165, 1.54) is 64.4 Å². The van der Waals surface area contributed by atoms with E-state index in [2.05, 4.69) is 6.92 Å². The zero-order valence-electron chi connectivity index (χ0n) is 17.3. The summed E-state index contributed by atoms with van der Waals surface area (Å²) >= 11 is 0. The number of carboxylic acids is 1. The second-order valence-corrected chi connectivity index (χ2v) is 8.53. The monoisotopic (exact) mass is 415 g/mol. The lowest BCUT2D eigenvalue weighted by Crippen LogP contribution is -2.25. The molecule has 4 N–H and O–H groups in total. The van der Waals surface area contributed by atoms with Crippen molar-refractivity contribution in [3.63, 3.8) is 0 Å². The van der Waals surface area contributed by atoms with E-state index in [-0.39, 0.29) is 4.90 Å². The molecule has 7 heteroatoms. The van der Waals surface area contributed by atoms with Gasteiger partial charge in [-0.1, -0.05) is 82.9 Å². The SMILES string of the molecule is CCCCCCCCCCCCc1ccccc1S(=O)(=O)O.C[C@H](N)C(=O)O. The molecule has 0 unspecified atom stereocenters.